The van der Waals surface area contributed by atoms with Gasteiger partial charge in [-0.1, -0.05) is 23.7 Å². The highest BCUT2D eigenvalue weighted by molar-refractivity contribution is 6.31. The minimum absolute atomic E-state index is 0.387. The molecule has 1 aromatic carbocycles. The van der Waals surface area contributed by atoms with Crippen LogP contribution < -0.4 is 5.73 Å². The second-order valence-electron chi connectivity index (χ2n) is 4.40. The highest BCUT2D eigenvalue weighted by Crippen LogP contribution is 2.30. The Bertz CT molecular complexity index is 582. The van der Waals surface area contributed by atoms with E-state index in [4.69, 9.17) is 17.3 Å². The molecule has 0 aliphatic carbocycles. The Kier molecular flexibility index (Phi) is 4.30. The van der Waals surface area contributed by atoms with Crippen LogP contribution in [0.1, 0.15) is 22.7 Å². The van der Waals surface area contributed by atoms with E-state index in [-0.39, 0.29) is 6.04 Å². The Morgan fingerprint density at radius 3 is 2.35 bits per heavy atom. The maximum Gasteiger partial charge on any atom is 0.416 e. The van der Waals surface area contributed by atoms with Gasteiger partial charge in [0.2, 0.25) is 0 Å². The van der Waals surface area contributed by atoms with E-state index >= 15 is 0 Å². The van der Waals surface area contributed by atoms with Gasteiger partial charge in [0.25, 0.3) is 0 Å². The van der Waals surface area contributed by atoms with Gasteiger partial charge in [0, 0.05) is 18.4 Å². The molecule has 2 rings (SSSR count). The molecule has 0 radical (unpaired) electrons. The molecule has 1 atom stereocenters. The molecule has 0 aliphatic heterocycles. The predicted molar refractivity (Wildman–Crippen MR) is 71.3 cm³/mol. The highest BCUT2D eigenvalue weighted by Gasteiger charge is 2.29. The van der Waals surface area contributed by atoms with Crippen LogP contribution in [0.15, 0.2) is 42.7 Å². The van der Waals surface area contributed by atoms with Gasteiger partial charge in [-0.05, 0) is 35.7 Å². The van der Waals surface area contributed by atoms with Crippen LogP contribution in [0.5, 0.6) is 0 Å². The molecule has 0 bridgehead atoms. The van der Waals surface area contributed by atoms with Crippen molar-refractivity contribution in [1.29, 1.82) is 0 Å². The zero-order valence-electron chi connectivity index (χ0n) is 10.4. The Morgan fingerprint density at radius 1 is 1.15 bits per heavy atom. The molecule has 2 N–H and O–H groups in total. The van der Waals surface area contributed by atoms with E-state index in [2.05, 4.69) is 4.98 Å². The van der Waals surface area contributed by atoms with E-state index in [1.54, 1.807) is 12.3 Å². The monoisotopic (exact) mass is 300 g/mol. The summed E-state index contributed by atoms with van der Waals surface area (Å²) >= 11 is 5.98. The molecule has 20 heavy (non-hydrogen) atoms. The number of halogens is 4. The SMILES string of the molecule is NC(Cc1ccc(C(F)(F)F)cc1)c1ccncc1Cl. The lowest BCUT2D eigenvalue weighted by Crippen LogP contribution is -2.14. The van der Waals surface area contributed by atoms with Crippen molar-refractivity contribution >= 4 is 11.6 Å². The number of aromatic nitrogens is 1. The summed E-state index contributed by atoms with van der Waals surface area (Å²) in [5.74, 6) is 0. The molecule has 106 valence electrons. The smallest absolute Gasteiger partial charge is 0.324 e. The van der Waals surface area contributed by atoms with E-state index in [1.807, 2.05) is 0 Å². The first-order valence-electron chi connectivity index (χ1n) is 5.89. The van der Waals surface area contributed by atoms with Gasteiger partial charge >= 0.3 is 6.18 Å². The lowest BCUT2D eigenvalue weighted by Gasteiger charge is -2.14. The van der Waals surface area contributed by atoms with Gasteiger partial charge < -0.3 is 5.73 Å². The number of benzene rings is 1. The van der Waals surface area contributed by atoms with Crippen molar-refractivity contribution in [3.05, 3.63) is 64.4 Å². The van der Waals surface area contributed by atoms with Crippen LogP contribution in [0.3, 0.4) is 0 Å². The van der Waals surface area contributed by atoms with Crippen molar-refractivity contribution in [2.45, 2.75) is 18.6 Å². The largest absolute Gasteiger partial charge is 0.416 e. The zero-order valence-corrected chi connectivity index (χ0v) is 11.1. The maximum absolute atomic E-state index is 12.5. The molecule has 2 nitrogen and oxygen atoms in total. The molecule has 6 heteroatoms. The van der Waals surface area contributed by atoms with E-state index in [9.17, 15) is 13.2 Å². The molecule has 0 fully saturated rings. The molecule has 1 heterocycles. The van der Waals surface area contributed by atoms with E-state index in [1.165, 1.54) is 18.3 Å². The molecule has 1 aromatic heterocycles. The first-order valence-corrected chi connectivity index (χ1v) is 6.27. The Labute approximate surface area is 119 Å². The highest BCUT2D eigenvalue weighted by atomic mass is 35.5. The van der Waals surface area contributed by atoms with Crippen molar-refractivity contribution in [1.82, 2.24) is 4.98 Å². The standard InChI is InChI=1S/C14H12ClF3N2/c15-12-8-20-6-5-11(12)13(19)7-9-1-3-10(4-2-9)14(16,17)18/h1-6,8,13H,7,19H2. The van der Waals surface area contributed by atoms with Crippen LogP contribution in [0.2, 0.25) is 5.02 Å². The van der Waals surface area contributed by atoms with Crippen LogP contribution in [0.4, 0.5) is 13.2 Å². The molecular weight excluding hydrogens is 289 g/mol. The normalized spacial score (nSPS) is 13.2. The first-order chi connectivity index (χ1) is 9.38. The molecule has 0 saturated heterocycles. The fourth-order valence-electron chi connectivity index (χ4n) is 1.88. The summed E-state index contributed by atoms with van der Waals surface area (Å²) < 4.78 is 37.4. The summed E-state index contributed by atoms with van der Waals surface area (Å²) in [7, 11) is 0. The van der Waals surface area contributed by atoms with Crippen molar-refractivity contribution in [2.75, 3.05) is 0 Å². The third kappa shape index (κ3) is 3.49. The fourth-order valence-corrected chi connectivity index (χ4v) is 2.14. The second-order valence-corrected chi connectivity index (χ2v) is 4.81. The quantitative estimate of drug-likeness (QED) is 0.930. The number of nitrogens with two attached hydrogens (primary N) is 1. The van der Waals surface area contributed by atoms with Gasteiger partial charge in [0.15, 0.2) is 0 Å². The summed E-state index contributed by atoms with van der Waals surface area (Å²) in [5, 5.41) is 0.451. The maximum atomic E-state index is 12.5. The summed E-state index contributed by atoms with van der Waals surface area (Å²) in [6, 6.07) is 6.28. The molecule has 0 aliphatic rings. The Morgan fingerprint density at radius 2 is 1.80 bits per heavy atom. The predicted octanol–water partition coefficient (Wildman–Crippen LogP) is 4.00. The summed E-state index contributed by atoms with van der Waals surface area (Å²) in [4.78, 5) is 3.86. The minimum atomic E-state index is -4.32. The topological polar surface area (TPSA) is 38.9 Å². The number of alkyl halides is 3. The number of rotatable bonds is 3. The molecule has 2 aromatic rings. The van der Waals surface area contributed by atoms with Crippen molar-refractivity contribution in [3.63, 3.8) is 0 Å². The van der Waals surface area contributed by atoms with Crippen molar-refractivity contribution < 1.29 is 13.2 Å². The van der Waals surface area contributed by atoms with Crippen LogP contribution in [-0.4, -0.2) is 4.98 Å². The minimum Gasteiger partial charge on any atom is -0.324 e. The van der Waals surface area contributed by atoms with Crippen molar-refractivity contribution in [3.8, 4) is 0 Å². The summed E-state index contributed by atoms with van der Waals surface area (Å²) in [6.07, 6.45) is -0.853. The number of pyridine rings is 1. The van der Waals surface area contributed by atoms with Gasteiger partial charge in [0.1, 0.15) is 0 Å². The average Bonchev–Trinajstić information content (AvgIpc) is 2.38. The summed E-state index contributed by atoms with van der Waals surface area (Å²) in [6.45, 7) is 0. The summed E-state index contributed by atoms with van der Waals surface area (Å²) in [5.41, 5.74) is 6.79. The van der Waals surface area contributed by atoms with Crippen LogP contribution in [0, 0.1) is 0 Å². The van der Waals surface area contributed by atoms with Crippen LogP contribution in [0.25, 0.3) is 0 Å². The van der Waals surface area contributed by atoms with E-state index in [0.29, 0.717) is 11.4 Å². The van der Waals surface area contributed by atoms with Gasteiger partial charge in [0.05, 0.1) is 10.6 Å². The molecule has 1 unspecified atom stereocenters. The molecule has 0 saturated carbocycles. The molecular formula is C14H12ClF3N2. The Balaban J connectivity index is 2.13. The number of nitrogens with zero attached hydrogens (tertiary/aromatic N) is 1. The third-order valence-electron chi connectivity index (χ3n) is 2.94. The van der Waals surface area contributed by atoms with Gasteiger partial charge in [-0.2, -0.15) is 13.2 Å². The van der Waals surface area contributed by atoms with E-state index < -0.39 is 11.7 Å². The first kappa shape index (κ1) is 14.8. The van der Waals surface area contributed by atoms with Crippen LogP contribution >= 0.6 is 11.6 Å². The third-order valence-corrected chi connectivity index (χ3v) is 3.26. The number of hydrogen-bond donors (Lipinski definition) is 1. The van der Waals surface area contributed by atoms with E-state index in [0.717, 1.165) is 23.3 Å². The van der Waals surface area contributed by atoms with Gasteiger partial charge in [-0.25, -0.2) is 0 Å². The lowest BCUT2D eigenvalue weighted by atomic mass is 9.99. The molecule has 0 spiro atoms. The average molecular weight is 301 g/mol. The van der Waals surface area contributed by atoms with Gasteiger partial charge in [-0.15, -0.1) is 0 Å². The fraction of sp³-hybridized carbons (Fsp3) is 0.214. The zero-order chi connectivity index (χ0) is 14.8. The lowest BCUT2D eigenvalue weighted by molar-refractivity contribution is -0.137. The number of hydrogen-bond acceptors (Lipinski definition) is 2. The van der Waals surface area contributed by atoms with Gasteiger partial charge in [-0.3, -0.25) is 4.98 Å². The molecule has 0 amide bonds. The second kappa shape index (κ2) is 5.81. The van der Waals surface area contributed by atoms with Crippen molar-refractivity contribution in [2.24, 2.45) is 5.73 Å². The Hall–Kier alpha value is -1.59. The van der Waals surface area contributed by atoms with Crippen LogP contribution in [-0.2, 0) is 12.6 Å².